The largest absolute Gasteiger partial charge is 0.481 e. The normalized spacial score (nSPS) is 18.1. The molecule has 0 aliphatic carbocycles. The van der Waals surface area contributed by atoms with E-state index in [4.69, 9.17) is 24.0 Å². The summed E-state index contributed by atoms with van der Waals surface area (Å²) in [7, 11) is 0. The van der Waals surface area contributed by atoms with E-state index in [1.54, 1.807) is 0 Å². The second kappa shape index (κ2) is 17.7. The number of aliphatic carboxylic acids is 1. The molecule has 4 atom stereocenters. The van der Waals surface area contributed by atoms with Crippen molar-refractivity contribution in [3.63, 3.8) is 0 Å². The molecule has 10 heteroatoms. The van der Waals surface area contributed by atoms with Gasteiger partial charge < -0.3 is 29.4 Å². The highest BCUT2D eigenvalue weighted by Gasteiger charge is 2.38. The smallest absolute Gasteiger partial charge is 0.303 e. The first-order chi connectivity index (χ1) is 26.9. The molecule has 1 saturated heterocycles. The number of hydrogen-bond donors (Lipinski definition) is 3. The maximum Gasteiger partial charge on any atom is 0.303 e. The third kappa shape index (κ3) is 9.24. The first-order valence-corrected chi connectivity index (χ1v) is 19.3. The van der Waals surface area contributed by atoms with Gasteiger partial charge in [0.15, 0.2) is 12.1 Å². The van der Waals surface area contributed by atoms with Gasteiger partial charge in [0.2, 0.25) is 5.91 Å². The predicted molar refractivity (Wildman–Crippen MR) is 212 cm³/mol. The Labute approximate surface area is 324 Å². The van der Waals surface area contributed by atoms with E-state index < -0.39 is 12.3 Å². The molecule has 1 aromatic heterocycles. The van der Waals surface area contributed by atoms with Crippen LogP contribution in [0.4, 0.5) is 0 Å². The van der Waals surface area contributed by atoms with E-state index in [2.05, 4.69) is 12.2 Å². The van der Waals surface area contributed by atoms with Gasteiger partial charge in [0.05, 0.1) is 25.2 Å². The summed E-state index contributed by atoms with van der Waals surface area (Å²) in [6.45, 7) is 2.38. The number of carbonyl (C=O) groups excluding carboxylic acids is 1. The number of carboxylic acids is 1. The third-order valence-corrected chi connectivity index (χ3v) is 10.7. The van der Waals surface area contributed by atoms with Gasteiger partial charge >= 0.3 is 5.97 Å². The van der Waals surface area contributed by atoms with Crippen LogP contribution in [0.25, 0.3) is 33.7 Å². The van der Waals surface area contributed by atoms with Crippen molar-refractivity contribution >= 4 is 23.6 Å². The van der Waals surface area contributed by atoms with Crippen molar-refractivity contribution in [2.24, 2.45) is 5.92 Å². The molecule has 5 aromatic carbocycles. The number of hydrogen-bond acceptors (Lipinski definition) is 8. The number of amides is 1. The quantitative estimate of drug-likeness (QED) is 0.0932. The number of nitrogens with one attached hydrogen (secondary N) is 1. The van der Waals surface area contributed by atoms with Gasteiger partial charge in [0, 0.05) is 41.3 Å². The van der Waals surface area contributed by atoms with Gasteiger partial charge in [-0.15, -0.1) is 0 Å². The average Bonchev–Trinajstić information content (AvgIpc) is 3.67. The summed E-state index contributed by atoms with van der Waals surface area (Å²) in [5.74, 6) is -0.0529. The Morgan fingerprint density at radius 3 is 2.09 bits per heavy atom. The Balaban J connectivity index is 1.12. The van der Waals surface area contributed by atoms with E-state index >= 15 is 0 Å². The Bertz CT molecular complexity index is 2130. The summed E-state index contributed by atoms with van der Waals surface area (Å²) in [4.78, 5) is 28.1. The molecule has 9 nitrogen and oxygen atoms in total. The Morgan fingerprint density at radius 2 is 1.40 bits per heavy atom. The Hall–Kier alpha value is -5.52. The molecule has 0 spiro atoms. The number of rotatable bonds is 14. The second-order valence-corrected chi connectivity index (χ2v) is 14.4. The first-order valence-electron chi connectivity index (χ1n) is 18.3. The minimum absolute atomic E-state index is 0.0299. The van der Waals surface area contributed by atoms with Gasteiger partial charge in [-0.3, -0.25) is 9.59 Å². The van der Waals surface area contributed by atoms with E-state index in [1.807, 2.05) is 133 Å². The lowest BCUT2D eigenvalue weighted by atomic mass is 9.91. The number of ether oxygens (including phenoxy) is 2. The van der Waals surface area contributed by atoms with E-state index in [0.29, 0.717) is 11.0 Å². The molecule has 4 unspecified atom stereocenters. The van der Waals surface area contributed by atoms with Crippen molar-refractivity contribution in [2.45, 2.75) is 56.6 Å². The number of thioether (sulfide) groups is 1. The van der Waals surface area contributed by atoms with Crippen molar-refractivity contribution in [3.05, 3.63) is 156 Å². The number of benzene rings is 5. The van der Waals surface area contributed by atoms with Crippen LogP contribution in [0.15, 0.2) is 143 Å². The lowest BCUT2D eigenvalue weighted by Gasteiger charge is -2.41. The van der Waals surface area contributed by atoms with Crippen molar-refractivity contribution < 1.29 is 33.7 Å². The van der Waals surface area contributed by atoms with Crippen LogP contribution in [-0.4, -0.2) is 38.9 Å². The molecule has 1 fully saturated rings. The van der Waals surface area contributed by atoms with E-state index in [9.17, 15) is 14.7 Å². The zero-order valence-electron chi connectivity index (χ0n) is 30.3. The highest BCUT2D eigenvalue weighted by Crippen LogP contribution is 2.44. The van der Waals surface area contributed by atoms with Gasteiger partial charge in [-0.2, -0.15) is 0 Å². The lowest BCUT2D eigenvalue weighted by molar-refractivity contribution is -0.268. The maximum absolute atomic E-state index is 12.2. The van der Waals surface area contributed by atoms with Crippen LogP contribution in [0, 0.1) is 5.92 Å². The molecule has 0 radical (unpaired) electrons. The molecule has 0 bridgehead atoms. The number of aliphatic hydroxyl groups is 1. The van der Waals surface area contributed by atoms with Crippen molar-refractivity contribution in [1.29, 1.82) is 0 Å². The summed E-state index contributed by atoms with van der Waals surface area (Å²) in [5, 5.41) is 22.0. The summed E-state index contributed by atoms with van der Waals surface area (Å²) in [5.41, 5.74) is 8.23. The van der Waals surface area contributed by atoms with Gasteiger partial charge in [-0.05, 0) is 27.8 Å². The average molecular weight is 755 g/mol. The lowest BCUT2D eigenvalue weighted by Crippen LogP contribution is -2.38. The van der Waals surface area contributed by atoms with Gasteiger partial charge in [0.25, 0.3) is 5.22 Å². The molecular weight excluding hydrogens is 713 g/mol. The molecule has 0 saturated carbocycles. The van der Waals surface area contributed by atoms with Crippen molar-refractivity contribution in [1.82, 2.24) is 10.3 Å². The summed E-state index contributed by atoms with van der Waals surface area (Å²) in [6.07, 6.45) is -1.46. The van der Waals surface area contributed by atoms with Gasteiger partial charge in [-0.25, -0.2) is 4.98 Å². The van der Waals surface area contributed by atoms with Crippen molar-refractivity contribution in [2.75, 3.05) is 5.75 Å². The fourth-order valence-electron chi connectivity index (χ4n) is 6.68. The van der Waals surface area contributed by atoms with Crippen LogP contribution in [0.3, 0.4) is 0 Å². The number of carbonyl (C=O) groups is 2. The number of nitrogens with zero attached hydrogens (tertiary/aromatic N) is 1. The van der Waals surface area contributed by atoms with Crippen LogP contribution in [0.1, 0.15) is 54.4 Å². The van der Waals surface area contributed by atoms with Crippen LogP contribution < -0.4 is 5.32 Å². The minimum atomic E-state index is -1.00. The molecule has 1 amide bonds. The number of aliphatic hydroxyl groups excluding tert-OH is 1. The van der Waals surface area contributed by atoms with Crippen LogP contribution in [-0.2, 0) is 32.2 Å². The van der Waals surface area contributed by atoms with Gasteiger partial charge in [0.1, 0.15) is 5.69 Å². The highest BCUT2D eigenvalue weighted by molar-refractivity contribution is 7.99. The van der Waals surface area contributed by atoms with Crippen molar-refractivity contribution in [3.8, 4) is 33.7 Å². The summed E-state index contributed by atoms with van der Waals surface area (Å²) < 4.78 is 19.9. The fourth-order valence-corrected chi connectivity index (χ4v) is 7.67. The zero-order chi connectivity index (χ0) is 38.1. The molecule has 1 aliphatic heterocycles. The first kappa shape index (κ1) is 37.8. The molecule has 6 aromatic rings. The SMILES string of the molecule is CC1C(CSc2nc(-c3ccccc3)c(-c3ccccc3)o2)OC(c2ccc(-c3ccccc3CNC(=O)CCC(=O)O)cc2)OC1c1ccc(CO)cc1. The molecule has 1 aliphatic rings. The number of carboxylic acid groups (broad SMARTS) is 1. The van der Waals surface area contributed by atoms with E-state index in [1.165, 1.54) is 11.8 Å². The Kier molecular flexibility index (Phi) is 12.2. The van der Waals surface area contributed by atoms with Crippen LogP contribution in [0.2, 0.25) is 0 Å². The third-order valence-electron chi connectivity index (χ3n) is 9.74. The second-order valence-electron chi connectivity index (χ2n) is 13.5. The molecule has 55 heavy (non-hydrogen) atoms. The van der Waals surface area contributed by atoms with E-state index in [0.717, 1.165) is 56.0 Å². The van der Waals surface area contributed by atoms with E-state index in [-0.39, 0.29) is 50.0 Å². The fraction of sp³-hybridized carbons (Fsp3) is 0.222. The maximum atomic E-state index is 12.2. The topological polar surface area (TPSA) is 131 Å². The number of oxazole rings is 1. The Morgan fingerprint density at radius 1 is 0.745 bits per heavy atom. The highest BCUT2D eigenvalue weighted by atomic mass is 32.2. The summed E-state index contributed by atoms with van der Waals surface area (Å²) in [6, 6.07) is 43.7. The molecule has 280 valence electrons. The van der Waals surface area contributed by atoms with Gasteiger partial charge in [-0.1, -0.05) is 152 Å². The minimum Gasteiger partial charge on any atom is -0.481 e. The monoisotopic (exact) mass is 754 g/mol. The zero-order valence-corrected chi connectivity index (χ0v) is 31.2. The molecule has 7 rings (SSSR count). The number of aromatic nitrogens is 1. The standard InChI is InChI=1S/C45H42N2O7S/c1-29-38(28-55-45-47-41(32-10-4-2-5-11-32)43(54-45)33-12-6-3-7-13-33)52-44(53-42(29)34-18-16-30(27-48)17-19-34)35-22-20-31(21-23-35)37-15-9-8-14-36(37)26-46-39(49)24-25-40(50)51/h2-23,29,38,42,44,48H,24-28H2,1H3,(H,46,49)(H,50,51). The molecule has 2 heterocycles. The van der Waals surface area contributed by atoms with Crippen LogP contribution >= 0.6 is 11.8 Å². The predicted octanol–water partition coefficient (Wildman–Crippen LogP) is 9.23. The van der Waals surface area contributed by atoms with Crippen LogP contribution in [0.5, 0.6) is 0 Å². The summed E-state index contributed by atoms with van der Waals surface area (Å²) >= 11 is 1.52. The molecule has 3 N–H and O–H groups in total. The molecular formula is C45H42N2O7S.